The lowest BCUT2D eigenvalue weighted by Gasteiger charge is -2.19. The minimum absolute atomic E-state index is 0.350. The molecule has 29 heavy (non-hydrogen) atoms. The topological polar surface area (TPSA) is 100 Å². The summed E-state index contributed by atoms with van der Waals surface area (Å²) in [6.45, 7) is 4.53. The van der Waals surface area contributed by atoms with Crippen molar-refractivity contribution in [1.29, 1.82) is 0 Å². The molecule has 0 saturated carbocycles. The molecule has 0 aliphatic heterocycles. The summed E-state index contributed by atoms with van der Waals surface area (Å²) in [5.74, 6) is 2.09. The highest BCUT2D eigenvalue weighted by molar-refractivity contribution is 5.68. The van der Waals surface area contributed by atoms with Crippen molar-refractivity contribution in [3.05, 3.63) is 5.82 Å². The monoisotopic (exact) mass is 427 g/mol. The van der Waals surface area contributed by atoms with E-state index in [0.29, 0.717) is 0 Å². The minimum Gasteiger partial charge on any atom is -0.481 e. The summed E-state index contributed by atoms with van der Waals surface area (Å²) in [6.07, 6.45) is -9.67. The highest BCUT2D eigenvalue weighted by atomic mass is 19.4. The average molecular weight is 427 g/mol. The number of carbonyl (C=O) groups is 1. The normalized spacial score (nSPS) is 14.4. The molecule has 1 rings (SSSR count). The van der Waals surface area contributed by atoms with Crippen molar-refractivity contribution in [1.82, 2.24) is 15.0 Å². The maximum Gasteiger partial charge on any atom is 0.408 e. The number of aliphatic carboxylic acids is 1. The number of rotatable bonds is 6. The van der Waals surface area contributed by atoms with Crippen molar-refractivity contribution in [3.8, 4) is 11.8 Å². The van der Waals surface area contributed by atoms with Gasteiger partial charge in [-0.3, -0.25) is 4.79 Å². The number of hydrogen-bond donors (Lipinski definition) is 3. The molecule has 162 valence electrons. The molecule has 0 amide bonds. The number of nitrogens with zero attached hydrogens (tertiary/aromatic N) is 3. The van der Waals surface area contributed by atoms with Gasteiger partial charge in [-0.2, -0.15) is 41.3 Å². The van der Waals surface area contributed by atoms with Crippen molar-refractivity contribution in [2.45, 2.75) is 58.6 Å². The van der Waals surface area contributed by atoms with Gasteiger partial charge in [-0.25, -0.2) is 0 Å². The van der Waals surface area contributed by atoms with E-state index in [0.717, 1.165) is 13.8 Å². The molecule has 1 aromatic rings. The minimum atomic E-state index is -4.66. The molecule has 13 heteroatoms. The van der Waals surface area contributed by atoms with Crippen LogP contribution in [0, 0.1) is 17.3 Å². The number of aromatic nitrogens is 3. The zero-order chi connectivity index (χ0) is 22.6. The predicted molar refractivity (Wildman–Crippen MR) is 91.0 cm³/mol. The fourth-order valence-electron chi connectivity index (χ4n) is 1.76. The van der Waals surface area contributed by atoms with Crippen LogP contribution in [0.15, 0.2) is 0 Å². The highest BCUT2D eigenvalue weighted by Crippen LogP contribution is 2.24. The van der Waals surface area contributed by atoms with Gasteiger partial charge in [-0.1, -0.05) is 5.92 Å². The van der Waals surface area contributed by atoms with Crippen LogP contribution in [0.1, 0.15) is 39.9 Å². The molecule has 7 nitrogen and oxygen atoms in total. The lowest BCUT2D eigenvalue weighted by Crippen LogP contribution is -2.35. The molecule has 0 aliphatic carbocycles. The van der Waals surface area contributed by atoms with Gasteiger partial charge in [-0.05, 0) is 33.6 Å². The molecule has 0 saturated heterocycles. The van der Waals surface area contributed by atoms with Gasteiger partial charge in [0.15, 0.2) is 0 Å². The number of carboxylic acid groups (broad SMARTS) is 1. The van der Waals surface area contributed by atoms with Crippen LogP contribution in [-0.2, 0) is 4.79 Å². The Kier molecular flexibility index (Phi) is 7.28. The summed E-state index contributed by atoms with van der Waals surface area (Å²) in [4.78, 5) is 21.7. The molecule has 0 aromatic carbocycles. The van der Waals surface area contributed by atoms with E-state index in [1.807, 2.05) is 10.6 Å². The fraction of sp³-hybridized carbons (Fsp3) is 0.625. The zero-order valence-corrected chi connectivity index (χ0v) is 15.8. The van der Waals surface area contributed by atoms with E-state index >= 15 is 0 Å². The number of nitrogens with one attached hydrogen (secondary N) is 2. The van der Waals surface area contributed by atoms with Gasteiger partial charge in [0, 0.05) is 5.41 Å². The van der Waals surface area contributed by atoms with Crippen LogP contribution in [0.4, 0.5) is 38.2 Å². The molecular formula is C16H19F6N5O2. The molecule has 0 unspecified atom stereocenters. The van der Waals surface area contributed by atoms with E-state index in [1.54, 1.807) is 0 Å². The lowest BCUT2D eigenvalue weighted by atomic mass is 9.90. The van der Waals surface area contributed by atoms with Gasteiger partial charge in [0.1, 0.15) is 12.1 Å². The fourth-order valence-corrected chi connectivity index (χ4v) is 1.76. The Morgan fingerprint density at radius 3 is 1.72 bits per heavy atom. The molecular weight excluding hydrogens is 408 g/mol. The lowest BCUT2D eigenvalue weighted by molar-refractivity contribution is -0.139. The SMILES string of the molecule is C[C@@H](Nc1nc(C#CC(C)(C)CC(=O)O)nc(N[C@H](C)C(F)(F)F)n1)C(F)(F)F. The van der Waals surface area contributed by atoms with Gasteiger partial charge < -0.3 is 15.7 Å². The molecule has 3 N–H and O–H groups in total. The largest absolute Gasteiger partial charge is 0.481 e. The first-order valence-electron chi connectivity index (χ1n) is 8.17. The standard InChI is InChI=1S/C16H19F6N5O2/c1-8(15(17,18)19)23-12-25-10(5-6-14(3,4)7-11(28)29)26-13(27-12)24-9(2)16(20,21)22/h8-9H,7H2,1-4H3,(H,28,29)(H2,23,24,25,26,27)/t8-,9-/m1/s1. The highest BCUT2D eigenvalue weighted by Gasteiger charge is 2.38. The number of hydrogen-bond acceptors (Lipinski definition) is 6. The Morgan fingerprint density at radius 2 is 1.38 bits per heavy atom. The van der Waals surface area contributed by atoms with Gasteiger partial charge >= 0.3 is 18.3 Å². The Labute approximate surface area is 162 Å². The summed E-state index contributed by atoms with van der Waals surface area (Å²) >= 11 is 0. The smallest absolute Gasteiger partial charge is 0.408 e. The van der Waals surface area contributed by atoms with Gasteiger partial charge in [0.05, 0.1) is 6.42 Å². The Bertz CT molecular complexity index is 757. The van der Waals surface area contributed by atoms with E-state index in [4.69, 9.17) is 5.11 Å². The first kappa shape index (κ1) is 24.3. The third-order valence-corrected chi connectivity index (χ3v) is 3.41. The third-order valence-electron chi connectivity index (χ3n) is 3.41. The maximum atomic E-state index is 12.7. The second kappa shape index (κ2) is 8.71. The van der Waals surface area contributed by atoms with Crippen LogP contribution in [0.3, 0.4) is 0 Å². The third kappa shape index (κ3) is 8.41. The van der Waals surface area contributed by atoms with Gasteiger partial charge in [0.2, 0.25) is 17.7 Å². The maximum absolute atomic E-state index is 12.7. The molecule has 0 radical (unpaired) electrons. The van der Waals surface area contributed by atoms with E-state index < -0.39 is 53.5 Å². The van der Waals surface area contributed by atoms with Crippen molar-refractivity contribution < 1.29 is 36.2 Å². The second-order valence-electron chi connectivity index (χ2n) is 6.83. The predicted octanol–water partition coefficient (Wildman–Crippen LogP) is 3.45. The summed E-state index contributed by atoms with van der Waals surface area (Å²) in [5.41, 5.74) is -1.04. The number of alkyl halides is 6. The molecule has 1 heterocycles. The Balaban J connectivity index is 3.29. The molecule has 0 spiro atoms. The molecule has 1 aromatic heterocycles. The van der Waals surface area contributed by atoms with E-state index in [-0.39, 0.29) is 6.42 Å². The number of halogens is 6. The van der Waals surface area contributed by atoms with Gasteiger partial charge in [0.25, 0.3) is 0 Å². The van der Waals surface area contributed by atoms with Crippen molar-refractivity contribution >= 4 is 17.9 Å². The van der Waals surface area contributed by atoms with Crippen LogP contribution < -0.4 is 10.6 Å². The van der Waals surface area contributed by atoms with Crippen LogP contribution in [0.25, 0.3) is 0 Å². The Hall–Kier alpha value is -2.78. The van der Waals surface area contributed by atoms with Crippen LogP contribution in [0.5, 0.6) is 0 Å². The summed E-state index contributed by atoms with van der Waals surface area (Å²) in [6, 6.07) is -4.19. The van der Waals surface area contributed by atoms with Crippen molar-refractivity contribution in [3.63, 3.8) is 0 Å². The first-order valence-corrected chi connectivity index (χ1v) is 8.17. The van der Waals surface area contributed by atoms with Crippen LogP contribution >= 0.6 is 0 Å². The van der Waals surface area contributed by atoms with Crippen LogP contribution in [0.2, 0.25) is 0 Å². The number of carboxylic acids is 1. The first-order chi connectivity index (χ1) is 13.0. The van der Waals surface area contributed by atoms with E-state index in [1.165, 1.54) is 13.8 Å². The zero-order valence-electron chi connectivity index (χ0n) is 15.8. The molecule has 0 fully saturated rings. The summed E-state index contributed by atoms with van der Waals surface area (Å²) in [7, 11) is 0. The van der Waals surface area contributed by atoms with Crippen molar-refractivity contribution in [2.75, 3.05) is 10.6 Å². The Morgan fingerprint density at radius 1 is 0.966 bits per heavy atom. The number of anilines is 2. The van der Waals surface area contributed by atoms with Crippen molar-refractivity contribution in [2.24, 2.45) is 5.41 Å². The van der Waals surface area contributed by atoms with E-state index in [9.17, 15) is 31.1 Å². The quantitative estimate of drug-likeness (QED) is 0.472. The van der Waals surface area contributed by atoms with Crippen LogP contribution in [-0.4, -0.2) is 50.5 Å². The van der Waals surface area contributed by atoms with Gasteiger partial charge in [-0.15, -0.1) is 0 Å². The second-order valence-corrected chi connectivity index (χ2v) is 6.83. The molecule has 0 bridgehead atoms. The van der Waals surface area contributed by atoms with E-state index in [2.05, 4.69) is 26.8 Å². The summed E-state index contributed by atoms with van der Waals surface area (Å²) < 4.78 is 76.5. The average Bonchev–Trinajstić information content (AvgIpc) is 2.50. The summed E-state index contributed by atoms with van der Waals surface area (Å²) in [5, 5.41) is 12.7. The molecule has 0 aliphatic rings. The molecule has 2 atom stereocenters.